The highest BCUT2D eigenvalue weighted by molar-refractivity contribution is 7.10. The topological polar surface area (TPSA) is 72.9 Å². The molecule has 0 aromatic carbocycles. The number of aromatic nitrogens is 1. The van der Waals surface area contributed by atoms with Crippen molar-refractivity contribution in [2.75, 3.05) is 25.6 Å². The molecule has 148 valence electrons. The van der Waals surface area contributed by atoms with Gasteiger partial charge < -0.3 is 19.5 Å². The average Bonchev–Trinajstić information content (AvgIpc) is 3.20. The zero-order valence-corrected chi connectivity index (χ0v) is 16.8. The highest BCUT2D eigenvalue weighted by atomic mass is 32.1. The van der Waals surface area contributed by atoms with Gasteiger partial charge >= 0.3 is 6.09 Å². The van der Waals surface area contributed by atoms with Gasteiger partial charge in [-0.2, -0.15) is 0 Å². The Hall–Kier alpha value is -2.58. The maximum absolute atomic E-state index is 12.2. The number of pyridine rings is 1. The molecule has 4 heterocycles. The van der Waals surface area contributed by atoms with E-state index in [-0.39, 0.29) is 12.2 Å². The lowest BCUT2D eigenvalue weighted by molar-refractivity contribution is 0.0240. The number of fused-ring (bicyclic) bond motifs is 1. The maximum Gasteiger partial charge on any atom is 0.414 e. The zero-order chi connectivity index (χ0) is 19.5. The van der Waals surface area contributed by atoms with Gasteiger partial charge in [0, 0.05) is 35.2 Å². The van der Waals surface area contributed by atoms with Crippen LogP contribution in [0.4, 0.5) is 10.5 Å². The summed E-state index contributed by atoms with van der Waals surface area (Å²) < 4.78 is 16.5. The second-order valence-corrected chi connectivity index (χ2v) is 7.69. The summed E-state index contributed by atoms with van der Waals surface area (Å²) in [5.41, 5.74) is 3.52. The molecule has 0 spiro atoms. The standard InChI is InChI=1S/C20H23N3O4S/c1-13-18(15-7-11-28-17(15)12-23(13)20(24)25-2)22-16-4-3-8-21-19(16)27-14-5-9-26-10-6-14/h3-4,7-8,11,14,22H,5-6,9-10,12H2,1-2H3. The molecular weight excluding hydrogens is 378 g/mol. The van der Waals surface area contributed by atoms with Crippen LogP contribution in [0.2, 0.25) is 0 Å². The number of nitrogens with one attached hydrogen (secondary N) is 1. The van der Waals surface area contributed by atoms with Gasteiger partial charge in [0.15, 0.2) is 0 Å². The quantitative estimate of drug-likeness (QED) is 0.832. The Morgan fingerprint density at radius 1 is 1.36 bits per heavy atom. The highest BCUT2D eigenvalue weighted by Gasteiger charge is 2.29. The van der Waals surface area contributed by atoms with Crippen LogP contribution in [0.1, 0.15) is 30.2 Å². The summed E-state index contributed by atoms with van der Waals surface area (Å²) in [6.45, 7) is 3.83. The number of ether oxygens (including phenoxy) is 3. The van der Waals surface area contributed by atoms with Gasteiger partial charge in [0.2, 0.25) is 5.88 Å². The highest BCUT2D eigenvalue weighted by Crippen LogP contribution is 2.37. The lowest BCUT2D eigenvalue weighted by Crippen LogP contribution is -2.33. The fourth-order valence-electron chi connectivity index (χ4n) is 3.41. The van der Waals surface area contributed by atoms with Gasteiger partial charge in [0.1, 0.15) is 11.8 Å². The Balaban J connectivity index is 1.64. The third-order valence-corrected chi connectivity index (χ3v) is 5.86. The fourth-order valence-corrected chi connectivity index (χ4v) is 4.28. The van der Waals surface area contributed by atoms with Crippen molar-refractivity contribution in [2.45, 2.75) is 32.4 Å². The zero-order valence-electron chi connectivity index (χ0n) is 15.9. The van der Waals surface area contributed by atoms with Gasteiger partial charge in [-0.1, -0.05) is 0 Å². The third-order valence-electron chi connectivity index (χ3n) is 4.96. The number of carbonyl (C=O) groups is 1. The van der Waals surface area contributed by atoms with Crippen molar-refractivity contribution in [2.24, 2.45) is 0 Å². The van der Waals surface area contributed by atoms with Gasteiger partial charge in [-0.05, 0) is 30.5 Å². The second kappa shape index (κ2) is 8.20. The largest absolute Gasteiger partial charge is 0.473 e. The lowest BCUT2D eigenvalue weighted by atomic mass is 10.1. The van der Waals surface area contributed by atoms with E-state index < -0.39 is 0 Å². The smallest absolute Gasteiger partial charge is 0.414 e. The Labute approximate surface area is 167 Å². The summed E-state index contributed by atoms with van der Waals surface area (Å²) in [4.78, 5) is 19.4. The van der Waals surface area contributed by atoms with Gasteiger partial charge in [0.05, 0.1) is 32.6 Å². The van der Waals surface area contributed by atoms with Gasteiger partial charge in [-0.25, -0.2) is 9.78 Å². The van der Waals surface area contributed by atoms with Crippen molar-refractivity contribution in [1.29, 1.82) is 0 Å². The molecule has 2 aromatic heterocycles. The first-order valence-electron chi connectivity index (χ1n) is 9.27. The van der Waals surface area contributed by atoms with Crippen LogP contribution in [-0.4, -0.2) is 42.4 Å². The summed E-state index contributed by atoms with van der Waals surface area (Å²) in [6.07, 6.45) is 3.14. The SMILES string of the molecule is COC(=O)N1Cc2sccc2C(Nc2cccnc2OC2CCOCC2)=C1C. The minimum atomic E-state index is -0.374. The Morgan fingerprint density at radius 2 is 2.18 bits per heavy atom. The van der Waals surface area contributed by atoms with Crippen LogP contribution in [0.3, 0.4) is 0 Å². The number of hydrogen-bond donors (Lipinski definition) is 1. The van der Waals surface area contributed by atoms with Crippen LogP contribution >= 0.6 is 11.3 Å². The first-order chi connectivity index (χ1) is 13.7. The molecule has 1 fully saturated rings. The molecule has 0 bridgehead atoms. The van der Waals surface area contributed by atoms with E-state index in [0.717, 1.165) is 40.4 Å². The van der Waals surface area contributed by atoms with Crippen molar-refractivity contribution >= 4 is 28.8 Å². The molecule has 1 amide bonds. The lowest BCUT2D eigenvalue weighted by Gasteiger charge is -2.30. The molecule has 0 radical (unpaired) electrons. The van der Waals surface area contributed by atoms with E-state index >= 15 is 0 Å². The molecule has 2 aliphatic rings. The van der Waals surface area contributed by atoms with Crippen LogP contribution in [0.5, 0.6) is 5.88 Å². The van der Waals surface area contributed by atoms with Crippen molar-refractivity contribution in [3.05, 3.63) is 45.9 Å². The summed E-state index contributed by atoms with van der Waals surface area (Å²) in [5.74, 6) is 0.557. The number of thiophene rings is 1. The van der Waals surface area contributed by atoms with E-state index in [1.807, 2.05) is 24.4 Å². The molecular formula is C20H23N3O4S. The normalized spacial score (nSPS) is 17.3. The molecule has 0 saturated carbocycles. The van der Waals surface area contributed by atoms with Crippen LogP contribution in [0.25, 0.3) is 5.70 Å². The maximum atomic E-state index is 12.2. The number of carbonyl (C=O) groups excluding carboxylic acids is 1. The number of amides is 1. The first kappa shape index (κ1) is 18.8. The molecule has 1 N–H and O–H groups in total. The first-order valence-corrected chi connectivity index (χ1v) is 10.1. The number of hydrogen-bond acceptors (Lipinski definition) is 7. The van der Waals surface area contributed by atoms with E-state index in [1.165, 1.54) is 7.11 Å². The van der Waals surface area contributed by atoms with E-state index in [0.29, 0.717) is 25.6 Å². The van der Waals surface area contributed by atoms with Crippen molar-refractivity contribution in [1.82, 2.24) is 9.88 Å². The molecule has 7 nitrogen and oxygen atoms in total. The fraction of sp³-hybridized carbons (Fsp3) is 0.400. The number of allylic oxidation sites excluding steroid dienone is 1. The molecule has 4 rings (SSSR count). The van der Waals surface area contributed by atoms with E-state index in [9.17, 15) is 4.79 Å². The van der Waals surface area contributed by atoms with Crippen molar-refractivity contribution in [3.8, 4) is 5.88 Å². The van der Waals surface area contributed by atoms with Gasteiger partial charge in [-0.15, -0.1) is 11.3 Å². The minimum Gasteiger partial charge on any atom is -0.473 e. The molecule has 2 aliphatic heterocycles. The molecule has 8 heteroatoms. The number of anilines is 1. The number of rotatable bonds is 4. The van der Waals surface area contributed by atoms with Crippen molar-refractivity contribution in [3.63, 3.8) is 0 Å². The van der Waals surface area contributed by atoms with Crippen molar-refractivity contribution < 1.29 is 19.0 Å². The Kier molecular flexibility index (Phi) is 5.50. The predicted octanol–water partition coefficient (Wildman–Crippen LogP) is 4.08. The minimum absolute atomic E-state index is 0.0916. The Morgan fingerprint density at radius 3 is 2.96 bits per heavy atom. The number of nitrogens with zero attached hydrogens (tertiary/aromatic N) is 2. The molecule has 0 atom stereocenters. The van der Waals surface area contributed by atoms with Crippen LogP contribution < -0.4 is 10.1 Å². The van der Waals surface area contributed by atoms with Crippen LogP contribution in [-0.2, 0) is 16.0 Å². The molecule has 2 aromatic rings. The molecule has 28 heavy (non-hydrogen) atoms. The third kappa shape index (κ3) is 3.70. The molecule has 0 unspecified atom stereocenters. The summed E-state index contributed by atoms with van der Waals surface area (Å²) in [5, 5.41) is 5.49. The monoisotopic (exact) mass is 401 g/mol. The predicted molar refractivity (Wildman–Crippen MR) is 107 cm³/mol. The number of methoxy groups -OCH3 is 1. The summed E-state index contributed by atoms with van der Waals surface area (Å²) in [6, 6.07) is 5.87. The molecule has 1 saturated heterocycles. The van der Waals surface area contributed by atoms with Gasteiger partial charge in [0.25, 0.3) is 0 Å². The average molecular weight is 401 g/mol. The summed E-state index contributed by atoms with van der Waals surface area (Å²) >= 11 is 1.62. The second-order valence-electron chi connectivity index (χ2n) is 6.68. The van der Waals surface area contributed by atoms with E-state index in [1.54, 1.807) is 22.4 Å². The van der Waals surface area contributed by atoms with Gasteiger partial charge in [-0.3, -0.25) is 4.90 Å². The van der Waals surface area contributed by atoms with Crippen LogP contribution in [0, 0.1) is 0 Å². The van der Waals surface area contributed by atoms with E-state index in [2.05, 4.69) is 16.4 Å². The van der Waals surface area contributed by atoms with E-state index in [4.69, 9.17) is 14.2 Å². The summed E-state index contributed by atoms with van der Waals surface area (Å²) in [7, 11) is 1.40. The van der Waals surface area contributed by atoms with Crippen LogP contribution in [0.15, 0.2) is 35.5 Å². The Bertz CT molecular complexity index is 889. The molecule has 0 aliphatic carbocycles.